The Morgan fingerprint density at radius 3 is 2.52 bits per heavy atom. The number of carbonyl (C=O) groups excluding carboxylic acids is 3. The third kappa shape index (κ3) is 7.29. The topological polar surface area (TPSA) is 103 Å². The molecule has 40 heavy (non-hydrogen) atoms. The van der Waals surface area contributed by atoms with Crippen LogP contribution in [-0.2, 0) is 30.4 Å². The first-order valence-corrected chi connectivity index (χ1v) is 13.9. The highest BCUT2D eigenvalue weighted by Crippen LogP contribution is 2.54. The number of oxime groups is 1. The van der Waals surface area contributed by atoms with E-state index >= 15 is 0 Å². The predicted octanol–water partition coefficient (Wildman–Crippen LogP) is 6.04. The van der Waals surface area contributed by atoms with E-state index in [2.05, 4.69) is 51.0 Å². The summed E-state index contributed by atoms with van der Waals surface area (Å²) in [5.41, 5.74) is 5.74. The first-order chi connectivity index (χ1) is 18.9. The maximum atomic E-state index is 12.9. The molecule has 0 heterocycles. The standard InChI is InChI=1S/C32H42N2O6/c1-8-13-22-14-11-12-15-23(22)29(36)40-34-27(35)20-21-18-24-28(32(6,7)17-16-31(24,4)5)25(19-21)33-39-26(9-2)30(37)38-10-3/h8,11-12,14-15,18-19,26,28H,1,9-10,13,16-17,20H2,2-7H3,(H,34,35). The van der Waals surface area contributed by atoms with Crippen LogP contribution in [-0.4, -0.2) is 36.3 Å². The normalized spacial score (nSPS) is 20.8. The van der Waals surface area contributed by atoms with E-state index in [1.807, 2.05) is 25.1 Å². The number of benzene rings is 1. The molecule has 2 aliphatic carbocycles. The predicted molar refractivity (Wildman–Crippen MR) is 154 cm³/mol. The van der Waals surface area contributed by atoms with Gasteiger partial charge >= 0.3 is 11.9 Å². The highest BCUT2D eigenvalue weighted by atomic mass is 16.7. The molecule has 1 aromatic carbocycles. The quantitative estimate of drug-likeness (QED) is 0.217. The van der Waals surface area contributed by atoms with Crippen molar-refractivity contribution in [3.63, 3.8) is 0 Å². The molecule has 2 atom stereocenters. The van der Waals surface area contributed by atoms with Crippen molar-refractivity contribution in [3.8, 4) is 0 Å². The second-order valence-electron chi connectivity index (χ2n) is 11.6. The molecule has 0 aromatic heterocycles. The van der Waals surface area contributed by atoms with Crippen LogP contribution in [0.25, 0.3) is 0 Å². The molecule has 2 aliphatic rings. The van der Waals surface area contributed by atoms with E-state index in [1.54, 1.807) is 25.1 Å². The summed E-state index contributed by atoms with van der Waals surface area (Å²) in [4.78, 5) is 48.7. The number of carbonyl (C=O) groups is 3. The van der Waals surface area contributed by atoms with E-state index in [-0.39, 0.29) is 29.8 Å². The Kier molecular flexibility index (Phi) is 10.1. The Morgan fingerprint density at radius 2 is 1.85 bits per heavy atom. The van der Waals surface area contributed by atoms with Crippen molar-refractivity contribution in [2.45, 2.75) is 79.8 Å². The van der Waals surface area contributed by atoms with Crippen LogP contribution in [0.3, 0.4) is 0 Å². The molecular weight excluding hydrogens is 508 g/mol. The lowest BCUT2D eigenvalue weighted by atomic mass is 9.55. The Balaban J connectivity index is 1.83. The van der Waals surface area contributed by atoms with Gasteiger partial charge in [0.05, 0.1) is 24.3 Å². The number of esters is 1. The van der Waals surface area contributed by atoms with Crippen molar-refractivity contribution in [2.24, 2.45) is 21.9 Å². The number of allylic oxidation sites excluding steroid dienone is 4. The molecule has 1 aromatic rings. The molecule has 0 bridgehead atoms. The zero-order chi connectivity index (χ0) is 29.5. The second kappa shape index (κ2) is 13.1. The van der Waals surface area contributed by atoms with Gasteiger partial charge in [-0.25, -0.2) is 9.59 Å². The fourth-order valence-corrected chi connectivity index (χ4v) is 5.35. The lowest BCUT2D eigenvalue weighted by Gasteiger charge is -2.49. The monoisotopic (exact) mass is 550 g/mol. The van der Waals surface area contributed by atoms with Gasteiger partial charge in [-0.3, -0.25) is 4.79 Å². The Labute approximate surface area is 237 Å². The molecule has 1 saturated carbocycles. The van der Waals surface area contributed by atoms with Crippen LogP contribution in [0.4, 0.5) is 0 Å². The van der Waals surface area contributed by atoms with Gasteiger partial charge in [0, 0.05) is 5.92 Å². The van der Waals surface area contributed by atoms with Crippen molar-refractivity contribution >= 4 is 23.6 Å². The third-order valence-corrected chi connectivity index (χ3v) is 7.67. The summed E-state index contributed by atoms with van der Waals surface area (Å²) in [5, 5.41) is 4.48. The largest absolute Gasteiger partial charge is 0.463 e. The number of hydrogen-bond acceptors (Lipinski definition) is 7. The lowest BCUT2D eigenvalue weighted by molar-refractivity contribution is -0.156. The molecule has 1 N–H and O–H groups in total. The lowest BCUT2D eigenvalue weighted by Crippen LogP contribution is -2.43. The molecular formula is C32H42N2O6. The SMILES string of the molecule is C=CCc1ccccc1C(=O)ONC(=O)CC1=CC(=NOC(CC)C(=O)OCC)C2C(=C1)C(C)(C)CCC2(C)C. The van der Waals surface area contributed by atoms with Crippen LogP contribution in [0, 0.1) is 16.7 Å². The molecule has 1 fully saturated rings. The van der Waals surface area contributed by atoms with Gasteiger partial charge < -0.3 is 14.4 Å². The van der Waals surface area contributed by atoms with Crippen LogP contribution >= 0.6 is 0 Å². The summed E-state index contributed by atoms with van der Waals surface area (Å²) in [7, 11) is 0. The average molecular weight is 551 g/mol. The maximum Gasteiger partial charge on any atom is 0.363 e. The summed E-state index contributed by atoms with van der Waals surface area (Å²) in [6, 6.07) is 7.03. The Hall–Kier alpha value is -3.68. The van der Waals surface area contributed by atoms with Gasteiger partial charge in [0.15, 0.2) is 0 Å². The van der Waals surface area contributed by atoms with E-state index in [1.165, 1.54) is 0 Å². The van der Waals surface area contributed by atoms with E-state index in [0.29, 0.717) is 29.7 Å². The van der Waals surface area contributed by atoms with Gasteiger partial charge in [0.25, 0.3) is 5.91 Å². The first-order valence-electron chi connectivity index (χ1n) is 13.9. The van der Waals surface area contributed by atoms with Crippen LogP contribution < -0.4 is 5.48 Å². The molecule has 8 heteroatoms. The van der Waals surface area contributed by atoms with E-state index < -0.39 is 23.9 Å². The van der Waals surface area contributed by atoms with Crippen LogP contribution in [0.5, 0.6) is 0 Å². The van der Waals surface area contributed by atoms with Crippen molar-refractivity contribution in [2.75, 3.05) is 6.61 Å². The summed E-state index contributed by atoms with van der Waals surface area (Å²) in [5.74, 6) is -1.61. The summed E-state index contributed by atoms with van der Waals surface area (Å²) < 4.78 is 5.13. The third-order valence-electron chi connectivity index (χ3n) is 7.67. The molecule has 0 aliphatic heterocycles. The summed E-state index contributed by atoms with van der Waals surface area (Å²) in [6.07, 6.45) is 7.66. The Morgan fingerprint density at radius 1 is 1.12 bits per heavy atom. The fraction of sp³-hybridized carbons (Fsp3) is 0.500. The minimum Gasteiger partial charge on any atom is -0.463 e. The number of hydroxylamine groups is 1. The number of fused-ring (bicyclic) bond motifs is 1. The van der Waals surface area contributed by atoms with Gasteiger partial charge in [0.2, 0.25) is 6.10 Å². The molecule has 1 amide bonds. The number of hydrogen-bond donors (Lipinski definition) is 1. The molecule has 0 radical (unpaired) electrons. The number of nitrogens with one attached hydrogen (secondary N) is 1. The zero-order valence-corrected chi connectivity index (χ0v) is 24.5. The van der Waals surface area contributed by atoms with E-state index in [9.17, 15) is 14.4 Å². The minimum atomic E-state index is -0.815. The van der Waals surface area contributed by atoms with Crippen LogP contribution in [0.1, 0.15) is 83.1 Å². The van der Waals surface area contributed by atoms with Crippen molar-refractivity contribution in [1.82, 2.24) is 5.48 Å². The van der Waals surface area contributed by atoms with Crippen molar-refractivity contribution < 1.29 is 28.8 Å². The fourth-order valence-electron chi connectivity index (χ4n) is 5.35. The van der Waals surface area contributed by atoms with Crippen LogP contribution in [0.2, 0.25) is 0 Å². The zero-order valence-electron chi connectivity index (χ0n) is 24.5. The first kappa shape index (κ1) is 30.9. The summed E-state index contributed by atoms with van der Waals surface area (Å²) in [6.45, 7) is 16.4. The number of nitrogens with zero attached hydrogens (tertiary/aromatic N) is 1. The van der Waals surface area contributed by atoms with Crippen molar-refractivity contribution in [3.05, 3.63) is 71.3 Å². The molecule has 0 spiro atoms. The maximum absolute atomic E-state index is 12.9. The highest BCUT2D eigenvalue weighted by Gasteiger charge is 2.47. The van der Waals surface area contributed by atoms with Gasteiger partial charge in [-0.2, -0.15) is 5.48 Å². The number of amides is 1. The molecule has 0 saturated heterocycles. The smallest absolute Gasteiger partial charge is 0.363 e. The molecule has 216 valence electrons. The van der Waals surface area contributed by atoms with Gasteiger partial charge in [-0.05, 0) is 66.7 Å². The highest BCUT2D eigenvalue weighted by molar-refractivity contribution is 6.02. The van der Waals surface area contributed by atoms with Gasteiger partial charge in [-0.15, -0.1) is 6.58 Å². The van der Waals surface area contributed by atoms with E-state index in [0.717, 1.165) is 24.0 Å². The number of ether oxygens (including phenoxy) is 1. The van der Waals surface area contributed by atoms with Gasteiger partial charge in [0.1, 0.15) is 0 Å². The van der Waals surface area contributed by atoms with E-state index in [4.69, 9.17) is 14.4 Å². The van der Waals surface area contributed by atoms with Crippen molar-refractivity contribution in [1.29, 1.82) is 0 Å². The van der Waals surface area contributed by atoms with Crippen LogP contribution in [0.15, 0.2) is 65.4 Å². The average Bonchev–Trinajstić information content (AvgIpc) is 2.91. The number of rotatable bonds is 10. The summed E-state index contributed by atoms with van der Waals surface area (Å²) >= 11 is 0. The molecule has 3 rings (SSSR count). The van der Waals surface area contributed by atoms with Gasteiger partial charge in [-0.1, -0.05) is 75.7 Å². The molecule has 2 unspecified atom stereocenters. The Bertz CT molecular complexity index is 1220. The molecule has 8 nitrogen and oxygen atoms in total. The second-order valence-corrected chi connectivity index (χ2v) is 11.6. The minimum absolute atomic E-state index is 0.0254.